The first-order chi connectivity index (χ1) is 8.30. The maximum absolute atomic E-state index is 6.07. The summed E-state index contributed by atoms with van der Waals surface area (Å²) in [6.45, 7) is 7.39. The number of rotatable bonds is 4. The van der Waals surface area contributed by atoms with Crippen LogP contribution in [0.25, 0.3) is 0 Å². The molecule has 0 aromatic rings. The van der Waals surface area contributed by atoms with Crippen molar-refractivity contribution in [2.75, 3.05) is 32.8 Å². The first-order valence-electron chi connectivity index (χ1n) is 7.33. The molecule has 0 aromatic heterocycles. The summed E-state index contributed by atoms with van der Waals surface area (Å²) < 4.78 is 5.49. The molecule has 17 heavy (non-hydrogen) atoms. The fraction of sp³-hybridized carbons (Fsp3) is 1.00. The van der Waals surface area contributed by atoms with Gasteiger partial charge in [-0.2, -0.15) is 0 Å². The van der Waals surface area contributed by atoms with E-state index in [0.29, 0.717) is 0 Å². The molecule has 3 nitrogen and oxygen atoms in total. The fourth-order valence-electron chi connectivity index (χ4n) is 3.51. The Morgan fingerprint density at radius 2 is 1.88 bits per heavy atom. The number of piperidine rings is 1. The summed E-state index contributed by atoms with van der Waals surface area (Å²) in [7, 11) is 0. The SMILES string of the molecule is CCCC1CCN(C2(CN)CCOCC2)CC1. The van der Waals surface area contributed by atoms with E-state index in [0.717, 1.165) is 38.5 Å². The molecule has 0 aliphatic carbocycles. The van der Waals surface area contributed by atoms with Gasteiger partial charge in [-0.15, -0.1) is 0 Å². The summed E-state index contributed by atoms with van der Waals surface area (Å²) in [6.07, 6.45) is 7.74. The van der Waals surface area contributed by atoms with Gasteiger partial charge in [-0.3, -0.25) is 4.90 Å². The van der Waals surface area contributed by atoms with E-state index in [9.17, 15) is 0 Å². The van der Waals surface area contributed by atoms with Crippen molar-refractivity contribution in [1.82, 2.24) is 4.90 Å². The van der Waals surface area contributed by atoms with Crippen molar-refractivity contribution in [2.24, 2.45) is 11.7 Å². The molecule has 0 spiro atoms. The molecule has 0 amide bonds. The lowest BCUT2D eigenvalue weighted by Crippen LogP contribution is -2.58. The number of ether oxygens (including phenoxy) is 1. The van der Waals surface area contributed by atoms with E-state index in [1.165, 1.54) is 38.8 Å². The monoisotopic (exact) mass is 240 g/mol. The van der Waals surface area contributed by atoms with Crippen molar-refractivity contribution in [3.05, 3.63) is 0 Å². The van der Waals surface area contributed by atoms with Crippen LogP contribution in [-0.4, -0.2) is 43.3 Å². The lowest BCUT2D eigenvalue weighted by atomic mass is 9.83. The van der Waals surface area contributed by atoms with Crippen molar-refractivity contribution in [3.63, 3.8) is 0 Å². The third kappa shape index (κ3) is 3.01. The van der Waals surface area contributed by atoms with Gasteiger partial charge in [-0.05, 0) is 44.7 Å². The Bertz CT molecular complexity index is 218. The zero-order valence-electron chi connectivity index (χ0n) is 11.3. The molecule has 0 radical (unpaired) electrons. The van der Waals surface area contributed by atoms with E-state index >= 15 is 0 Å². The molecular weight excluding hydrogens is 212 g/mol. The highest BCUT2D eigenvalue weighted by Crippen LogP contribution is 2.32. The Morgan fingerprint density at radius 1 is 1.24 bits per heavy atom. The van der Waals surface area contributed by atoms with Gasteiger partial charge in [-0.25, -0.2) is 0 Å². The van der Waals surface area contributed by atoms with Crippen molar-refractivity contribution in [1.29, 1.82) is 0 Å². The topological polar surface area (TPSA) is 38.5 Å². The maximum Gasteiger partial charge on any atom is 0.0484 e. The van der Waals surface area contributed by atoms with Gasteiger partial charge in [0.2, 0.25) is 0 Å². The van der Waals surface area contributed by atoms with Gasteiger partial charge in [0, 0.05) is 25.3 Å². The second-order valence-electron chi connectivity index (χ2n) is 5.76. The first kappa shape index (κ1) is 13.3. The quantitative estimate of drug-likeness (QED) is 0.817. The van der Waals surface area contributed by atoms with Crippen LogP contribution in [0.5, 0.6) is 0 Å². The molecule has 0 saturated carbocycles. The molecule has 2 fully saturated rings. The molecule has 100 valence electrons. The van der Waals surface area contributed by atoms with Crippen molar-refractivity contribution in [3.8, 4) is 0 Å². The molecule has 2 heterocycles. The first-order valence-corrected chi connectivity index (χ1v) is 7.33. The molecule has 2 rings (SSSR count). The highest BCUT2D eigenvalue weighted by atomic mass is 16.5. The Hall–Kier alpha value is -0.120. The Labute approximate surface area is 106 Å². The van der Waals surface area contributed by atoms with Gasteiger partial charge in [-0.1, -0.05) is 19.8 Å². The summed E-state index contributed by atoms with van der Waals surface area (Å²) in [5.74, 6) is 0.964. The van der Waals surface area contributed by atoms with Gasteiger partial charge in [0.15, 0.2) is 0 Å². The summed E-state index contributed by atoms with van der Waals surface area (Å²) in [5, 5.41) is 0. The lowest BCUT2D eigenvalue weighted by Gasteiger charge is -2.48. The molecule has 2 aliphatic heterocycles. The van der Waals surface area contributed by atoms with Gasteiger partial charge in [0.25, 0.3) is 0 Å². The average Bonchev–Trinajstić information content (AvgIpc) is 2.41. The highest BCUT2D eigenvalue weighted by molar-refractivity contribution is 4.95. The van der Waals surface area contributed by atoms with Crippen LogP contribution < -0.4 is 5.73 Å². The summed E-state index contributed by atoms with van der Waals surface area (Å²) in [5.41, 5.74) is 6.32. The average molecular weight is 240 g/mol. The third-order valence-corrected chi connectivity index (χ3v) is 4.79. The van der Waals surface area contributed by atoms with Gasteiger partial charge in [0.1, 0.15) is 0 Å². The van der Waals surface area contributed by atoms with Crippen LogP contribution in [-0.2, 0) is 4.74 Å². The standard InChI is InChI=1S/C14H28N2O/c1-2-3-13-4-8-16(9-5-13)14(12-15)6-10-17-11-7-14/h13H,2-12,15H2,1H3. The Kier molecular flexibility index (Phi) is 4.83. The predicted molar refractivity (Wildman–Crippen MR) is 71.0 cm³/mol. The van der Waals surface area contributed by atoms with E-state index < -0.39 is 0 Å². The molecule has 2 saturated heterocycles. The second-order valence-corrected chi connectivity index (χ2v) is 5.76. The van der Waals surface area contributed by atoms with Crippen LogP contribution in [0.2, 0.25) is 0 Å². The lowest BCUT2D eigenvalue weighted by molar-refractivity contribution is -0.0377. The number of hydrogen-bond donors (Lipinski definition) is 1. The second kappa shape index (κ2) is 6.17. The van der Waals surface area contributed by atoms with Gasteiger partial charge in [0.05, 0.1) is 0 Å². The van der Waals surface area contributed by atoms with Crippen LogP contribution in [0.1, 0.15) is 45.4 Å². The Morgan fingerprint density at radius 3 is 2.41 bits per heavy atom. The molecule has 0 aromatic carbocycles. The Balaban J connectivity index is 1.89. The normalized spacial score (nSPS) is 27.2. The minimum atomic E-state index is 0.259. The van der Waals surface area contributed by atoms with Crippen LogP contribution in [0.3, 0.4) is 0 Å². The molecular formula is C14H28N2O. The number of nitrogens with two attached hydrogens (primary N) is 1. The largest absolute Gasteiger partial charge is 0.381 e. The third-order valence-electron chi connectivity index (χ3n) is 4.79. The van der Waals surface area contributed by atoms with Crippen LogP contribution in [0.15, 0.2) is 0 Å². The minimum Gasteiger partial charge on any atom is -0.381 e. The maximum atomic E-state index is 6.07. The molecule has 3 heteroatoms. The fourth-order valence-corrected chi connectivity index (χ4v) is 3.51. The summed E-state index contributed by atoms with van der Waals surface area (Å²) in [4.78, 5) is 2.67. The molecule has 0 unspecified atom stereocenters. The summed E-state index contributed by atoms with van der Waals surface area (Å²) in [6, 6.07) is 0. The molecule has 2 N–H and O–H groups in total. The van der Waals surface area contributed by atoms with Crippen LogP contribution >= 0.6 is 0 Å². The smallest absolute Gasteiger partial charge is 0.0484 e. The van der Waals surface area contributed by atoms with E-state index in [1.54, 1.807) is 0 Å². The molecule has 0 bridgehead atoms. The number of nitrogens with zero attached hydrogens (tertiary/aromatic N) is 1. The van der Waals surface area contributed by atoms with E-state index in [1.807, 2.05) is 0 Å². The zero-order chi connectivity index (χ0) is 12.1. The van der Waals surface area contributed by atoms with Crippen molar-refractivity contribution in [2.45, 2.75) is 51.0 Å². The van der Waals surface area contributed by atoms with E-state index in [4.69, 9.17) is 10.5 Å². The zero-order valence-corrected chi connectivity index (χ0v) is 11.3. The van der Waals surface area contributed by atoms with Crippen molar-refractivity contribution < 1.29 is 4.74 Å². The van der Waals surface area contributed by atoms with Crippen molar-refractivity contribution >= 4 is 0 Å². The summed E-state index contributed by atoms with van der Waals surface area (Å²) >= 11 is 0. The predicted octanol–water partition coefficient (Wildman–Crippen LogP) is 2.01. The van der Waals surface area contributed by atoms with E-state index in [-0.39, 0.29) is 5.54 Å². The minimum absolute atomic E-state index is 0.259. The highest BCUT2D eigenvalue weighted by Gasteiger charge is 2.38. The number of hydrogen-bond acceptors (Lipinski definition) is 3. The van der Waals surface area contributed by atoms with E-state index in [2.05, 4.69) is 11.8 Å². The van der Waals surface area contributed by atoms with Crippen LogP contribution in [0.4, 0.5) is 0 Å². The van der Waals surface area contributed by atoms with Gasteiger partial charge < -0.3 is 10.5 Å². The molecule has 2 aliphatic rings. The van der Waals surface area contributed by atoms with Gasteiger partial charge >= 0.3 is 0 Å². The number of likely N-dealkylation sites (tertiary alicyclic amines) is 1. The van der Waals surface area contributed by atoms with Crippen LogP contribution in [0, 0.1) is 5.92 Å². The molecule has 0 atom stereocenters.